The standard InChI is InChI=1S/C19H19ClN4OS/c1-12-7-4-5-10-16(12)17-22-23-19(24(17)3)26-13(2)18(25)21-15-9-6-8-14(20)11-15/h4-11,13H,1-3H3,(H,21,25)/t13-/m1/s1. The summed E-state index contributed by atoms with van der Waals surface area (Å²) in [4.78, 5) is 12.4. The molecular formula is C19H19ClN4OS. The number of thioether (sulfide) groups is 1. The minimum atomic E-state index is -0.332. The van der Waals surface area contributed by atoms with Crippen LogP contribution >= 0.6 is 23.4 Å². The van der Waals surface area contributed by atoms with E-state index in [1.807, 2.05) is 49.7 Å². The summed E-state index contributed by atoms with van der Waals surface area (Å²) in [6, 6.07) is 15.1. The second-order valence-electron chi connectivity index (χ2n) is 5.94. The van der Waals surface area contributed by atoms with E-state index in [0.717, 1.165) is 17.0 Å². The van der Waals surface area contributed by atoms with E-state index < -0.39 is 0 Å². The fraction of sp³-hybridized carbons (Fsp3) is 0.211. The Labute approximate surface area is 161 Å². The summed E-state index contributed by atoms with van der Waals surface area (Å²) in [6.07, 6.45) is 0. The lowest BCUT2D eigenvalue weighted by Gasteiger charge is -2.12. The van der Waals surface area contributed by atoms with E-state index in [2.05, 4.69) is 15.5 Å². The predicted octanol–water partition coefficient (Wildman–Crippen LogP) is 4.56. The molecule has 0 radical (unpaired) electrons. The number of anilines is 1. The molecule has 2 aromatic carbocycles. The zero-order valence-corrected chi connectivity index (χ0v) is 16.3. The Morgan fingerprint density at radius 3 is 2.69 bits per heavy atom. The highest BCUT2D eigenvalue weighted by atomic mass is 35.5. The van der Waals surface area contributed by atoms with Gasteiger partial charge in [0.1, 0.15) is 0 Å². The van der Waals surface area contributed by atoms with Crippen molar-refractivity contribution in [3.63, 3.8) is 0 Å². The molecule has 1 amide bonds. The fourth-order valence-corrected chi connectivity index (χ4v) is 3.50. The molecule has 3 rings (SSSR count). The number of halogens is 1. The first-order chi connectivity index (χ1) is 12.5. The van der Waals surface area contributed by atoms with Gasteiger partial charge in [-0.25, -0.2) is 0 Å². The Morgan fingerprint density at radius 1 is 1.19 bits per heavy atom. The van der Waals surface area contributed by atoms with Crippen molar-refractivity contribution < 1.29 is 4.79 Å². The van der Waals surface area contributed by atoms with E-state index in [9.17, 15) is 4.79 Å². The van der Waals surface area contributed by atoms with Crippen LogP contribution in [0.1, 0.15) is 12.5 Å². The maximum atomic E-state index is 12.4. The predicted molar refractivity (Wildman–Crippen MR) is 107 cm³/mol. The quantitative estimate of drug-likeness (QED) is 0.653. The normalized spacial score (nSPS) is 12.0. The van der Waals surface area contributed by atoms with E-state index in [1.165, 1.54) is 11.8 Å². The third-order valence-electron chi connectivity index (χ3n) is 3.96. The second kappa shape index (κ2) is 7.93. The van der Waals surface area contributed by atoms with Crippen molar-refractivity contribution in [3.8, 4) is 11.4 Å². The Hall–Kier alpha value is -2.31. The molecule has 0 aliphatic rings. The molecule has 7 heteroatoms. The zero-order valence-electron chi connectivity index (χ0n) is 14.7. The fourth-order valence-electron chi connectivity index (χ4n) is 2.50. The molecular weight excluding hydrogens is 368 g/mol. The van der Waals surface area contributed by atoms with Crippen molar-refractivity contribution in [2.75, 3.05) is 5.32 Å². The summed E-state index contributed by atoms with van der Waals surface area (Å²) < 4.78 is 1.91. The number of carbonyl (C=O) groups is 1. The number of rotatable bonds is 5. The third-order valence-corrected chi connectivity index (χ3v) is 5.33. The number of hydrogen-bond donors (Lipinski definition) is 1. The number of nitrogens with zero attached hydrogens (tertiary/aromatic N) is 3. The van der Waals surface area contributed by atoms with Crippen LogP contribution in [-0.2, 0) is 11.8 Å². The van der Waals surface area contributed by atoms with E-state index in [-0.39, 0.29) is 11.2 Å². The number of benzene rings is 2. The van der Waals surface area contributed by atoms with Crippen molar-refractivity contribution in [2.24, 2.45) is 7.05 Å². The van der Waals surface area contributed by atoms with Crippen LogP contribution in [0.2, 0.25) is 5.02 Å². The van der Waals surface area contributed by atoms with Crippen LogP contribution in [0.15, 0.2) is 53.7 Å². The van der Waals surface area contributed by atoms with Crippen molar-refractivity contribution in [2.45, 2.75) is 24.3 Å². The Kier molecular flexibility index (Phi) is 5.64. The molecule has 0 fully saturated rings. The molecule has 134 valence electrons. The molecule has 1 N–H and O–H groups in total. The zero-order chi connectivity index (χ0) is 18.7. The molecule has 0 unspecified atom stereocenters. The molecule has 26 heavy (non-hydrogen) atoms. The maximum absolute atomic E-state index is 12.4. The smallest absolute Gasteiger partial charge is 0.237 e. The van der Waals surface area contributed by atoms with E-state index in [4.69, 9.17) is 11.6 Å². The van der Waals surface area contributed by atoms with Gasteiger partial charge in [-0.3, -0.25) is 4.79 Å². The van der Waals surface area contributed by atoms with Crippen LogP contribution in [0, 0.1) is 6.92 Å². The number of nitrogens with one attached hydrogen (secondary N) is 1. The highest BCUT2D eigenvalue weighted by Gasteiger charge is 2.20. The number of aromatic nitrogens is 3. The largest absolute Gasteiger partial charge is 0.325 e. The summed E-state index contributed by atoms with van der Waals surface area (Å²) in [6.45, 7) is 3.88. The second-order valence-corrected chi connectivity index (χ2v) is 7.68. The van der Waals surface area contributed by atoms with Crippen molar-refractivity contribution in [3.05, 3.63) is 59.1 Å². The van der Waals surface area contributed by atoms with E-state index >= 15 is 0 Å². The topological polar surface area (TPSA) is 59.8 Å². The molecule has 0 spiro atoms. The van der Waals surface area contributed by atoms with Crippen LogP contribution < -0.4 is 5.32 Å². The first-order valence-corrected chi connectivity index (χ1v) is 9.40. The van der Waals surface area contributed by atoms with Crippen LogP contribution in [0.3, 0.4) is 0 Å². The SMILES string of the molecule is Cc1ccccc1-c1nnc(S[C@H](C)C(=O)Nc2cccc(Cl)c2)n1C. The lowest BCUT2D eigenvalue weighted by molar-refractivity contribution is -0.115. The summed E-state index contributed by atoms with van der Waals surface area (Å²) in [5.74, 6) is 0.672. The van der Waals surface area contributed by atoms with Gasteiger partial charge in [0.15, 0.2) is 11.0 Å². The summed E-state index contributed by atoms with van der Waals surface area (Å²) in [5.41, 5.74) is 2.84. The van der Waals surface area contributed by atoms with Gasteiger partial charge in [-0.1, -0.05) is 53.7 Å². The number of amides is 1. The Morgan fingerprint density at radius 2 is 1.96 bits per heavy atom. The summed E-state index contributed by atoms with van der Waals surface area (Å²) in [7, 11) is 1.91. The average Bonchev–Trinajstić information content (AvgIpc) is 2.96. The minimum Gasteiger partial charge on any atom is -0.325 e. The highest BCUT2D eigenvalue weighted by molar-refractivity contribution is 8.00. The molecule has 0 aliphatic carbocycles. The molecule has 1 atom stereocenters. The van der Waals surface area contributed by atoms with Crippen molar-refractivity contribution in [1.82, 2.24) is 14.8 Å². The lowest BCUT2D eigenvalue weighted by Crippen LogP contribution is -2.22. The number of aryl methyl sites for hydroxylation is 1. The average molecular weight is 387 g/mol. The monoisotopic (exact) mass is 386 g/mol. The molecule has 5 nitrogen and oxygen atoms in total. The Balaban J connectivity index is 1.73. The number of hydrogen-bond acceptors (Lipinski definition) is 4. The molecule has 0 bridgehead atoms. The molecule has 0 saturated heterocycles. The lowest BCUT2D eigenvalue weighted by atomic mass is 10.1. The van der Waals surface area contributed by atoms with E-state index in [0.29, 0.717) is 15.9 Å². The minimum absolute atomic E-state index is 0.113. The number of carbonyl (C=O) groups excluding carboxylic acids is 1. The van der Waals surface area contributed by atoms with E-state index in [1.54, 1.807) is 24.3 Å². The third kappa shape index (κ3) is 4.08. The van der Waals surface area contributed by atoms with Gasteiger partial charge in [0.05, 0.1) is 5.25 Å². The van der Waals surface area contributed by atoms with Gasteiger partial charge in [-0.05, 0) is 37.6 Å². The highest BCUT2D eigenvalue weighted by Crippen LogP contribution is 2.28. The van der Waals surface area contributed by atoms with Crippen LogP contribution in [-0.4, -0.2) is 25.9 Å². The van der Waals surface area contributed by atoms with Crippen LogP contribution in [0.25, 0.3) is 11.4 Å². The molecule has 3 aromatic rings. The summed E-state index contributed by atoms with van der Waals surface area (Å²) in [5, 5.41) is 12.4. The first kappa shape index (κ1) is 18.5. The van der Waals surface area contributed by atoms with Crippen molar-refractivity contribution in [1.29, 1.82) is 0 Å². The van der Waals surface area contributed by atoms with Gasteiger partial charge >= 0.3 is 0 Å². The van der Waals surface area contributed by atoms with Gasteiger partial charge in [0.25, 0.3) is 0 Å². The van der Waals surface area contributed by atoms with Gasteiger partial charge in [0, 0.05) is 23.3 Å². The summed E-state index contributed by atoms with van der Waals surface area (Å²) >= 11 is 7.32. The van der Waals surface area contributed by atoms with Gasteiger partial charge in [-0.2, -0.15) is 0 Å². The van der Waals surface area contributed by atoms with Gasteiger partial charge in [-0.15, -0.1) is 10.2 Å². The van der Waals surface area contributed by atoms with Crippen molar-refractivity contribution >= 4 is 35.0 Å². The molecule has 1 heterocycles. The molecule has 0 saturated carbocycles. The van der Waals surface area contributed by atoms with Gasteiger partial charge < -0.3 is 9.88 Å². The van der Waals surface area contributed by atoms with Crippen LogP contribution in [0.4, 0.5) is 5.69 Å². The molecule has 0 aliphatic heterocycles. The van der Waals surface area contributed by atoms with Gasteiger partial charge in [0.2, 0.25) is 5.91 Å². The maximum Gasteiger partial charge on any atom is 0.237 e. The van der Waals surface area contributed by atoms with Crippen LogP contribution in [0.5, 0.6) is 0 Å². The Bertz CT molecular complexity index is 941. The molecule has 1 aromatic heterocycles. The first-order valence-electron chi connectivity index (χ1n) is 8.14.